The van der Waals surface area contributed by atoms with E-state index >= 15 is 0 Å². The highest BCUT2D eigenvalue weighted by atomic mass is 16.1. The first-order valence-electron chi connectivity index (χ1n) is 6.62. The van der Waals surface area contributed by atoms with E-state index in [2.05, 4.69) is 0 Å². The fourth-order valence-electron chi connectivity index (χ4n) is 2.27. The minimum absolute atomic E-state index is 0.0347. The molecule has 0 bridgehead atoms. The fraction of sp³-hybridized carbons (Fsp3) is 0. The molecule has 21 heavy (non-hydrogen) atoms. The van der Waals surface area contributed by atoms with Gasteiger partial charge in [0.2, 0.25) is 0 Å². The predicted molar refractivity (Wildman–Crippen MR) is 81.0 cm³/mol. The number of para-hydroxylation sites is 1. The van der Waals surface area contributed by atoms with Crippen molar-refractivity contribution in [3.8, 4) is 5.69 Å². The average Bonchev–Trinajstić information content (AvgIpc) is 3.04. The minimum Gasteiger partial charge on any atom is -0.322 e. The number of carbonyl (C=O) groups is 2. The van der Waals surface area contributed by atoms with Crippen molar-refractivity contribution in [3.05, 3.63) is 89.7 Å². The summed E-state index contributed by atoms with van der Waals surface area (Å²) in [4.78, 5) is 23.4. The topological polar surface area (TPSA) is 39.1 Å². The van der Waals surface area contributed by atoms with Crippen LogP contribution < -0.4 is 0 Å². The molecule has 0 spiro atoms. The standard InChI is InChI=1S/C18H13NO2/c20-13-14-10-11-19(12-14)17-9-5-4-8-16(17)18(21)15-6-2-1-3-7-15/h1-13H. The highest BCUT2D eigenvalue weighted by molar-refractivity contribution is 6.11. The lowest BCUT2D eigenvalue weighted by Gasteiger charge is -2.09. The summed E-state index contributed by atoms with van der Waals surface area (Å²) >= 11 is 0. The van der Waals surface area contributed by atoms with Gasteiger partial charge in [-0.1, -0.05) is 42.5 Å². The van der Waals surface area contributed by atoms with Crippen LogP contribution in [0.2, 0.25) is 0 Å². The van der Waals surface area contributed by atoms with Gasteiger partial charge in [0.1, 0.15) is 0 Å². The molecule has 3 rings (SSSR count). The van der Waals surface area contributed by atoms with Crippen molar-refractivity contribution >= 4 is 12.1 Å². The lowest BCUT2D eigenvalue weighted by Crippen LogP contribution is -2.06. The zero-order chi connectivity index (χ0) is 14.7. The summed E-state index contributed by atoms with van der Waals surface area (Å²) in [6.45, 7) is 0. The maximum atomic E-state index is 12.6. The van der Waals surface area contributed by atoms with E-state index in [0.29, 0.717) is 16.7 Å². The molecule has 3 aromatic rings. The van der Waals surface area contributed by atoms with Crippen molar-refractivity contribution in [1.82, 2.24) is 4.57 Å². The van der Waals surface area contributed by atoms with Crippen LogP contribution in [0.15, 0.2) is 73.1 Å². The van der Waals surface area contributed by atoms with Crippen LogP contribution >= 0.6 is 0 Å². The van der Waals surface area contributed by atoms with Gasteiger partial charge in [0.25, 0.3) is 0 Å². The van der Waals surface area contributed by atoms with Crippen LogP contribution in [0.1, 0.15) is 26.3 Å². The highest BCUT2D eigenvalue weighted by Crippen LogP contribution is 2.19. The Balaban J connectivity index is 2.08. The zero-order valence-corrected chi connectivity index (χ0v) is 11.3. The van der Waals surface area contributed by atoms with E-state index in [9.17, 15) is 9.59 Å². The van der Waals surface area contributed by atoms with Crippen LogP contribution in [-0.2, 0) is 0 Å². The zero-order valence-electron chi connectivity index (χ0n) is 11.3. The first kappa shape index (κ1) is 13.1. The number of nitrogens with zero attached hydrogens (tertiary/aromatic N) is 1. The van der Waals surface area contributed by atoms with Crippen LogP contribution in [0, 0.1) is 0 Å². The largest absolute Gasteiger partial charge is 0.322 e. The Morgan fingerprint density at radius 3 is 2.33 bits per heavy atom. The molecule has 2 aromatic carbocycles. The van der Waals surface area contributed by atoms with Crippen molar-refractivity contribution in [2.24, 2.45) is 0 Å². The van der Waals surface area contributed by atoms with Crippen LogP contribution in [0.4, 0.5) is 0 Å². The third-order valence-electron chi connectivity index (χ3n) is 3.31. The summed E-state index contributed by atoms with van der Waals surface area (Å²) in [5.41, 5.74) is 2.60. The normalized spacial score (nSPS) is 10.3. The molecule has 0 radical (unpaired) electrons. The van der Waals surface area contributed by atoms with Gasteiger partial charge in [-0.2, -0.15) is 0 Å². The number of hydrogen-bond donors (Lipinski definition) is 0. The van der Waals surface area contributed by atoms with Crippen molar-refractivity contribution in [2.45, 2.75) is 0 Å². The predicted octanol–water partition coefficient (Wildman–Crippen LogP) is 3.52. The van der Waals surface area contributed by atoms with Gasteiger partial charge in [0.05, 0.1) is 5.69 Å². The summed E-state index contributed by atoms with van der Waals surface area (Å²) < 4.78 is 1.79. The van der Waals surface area contributed by atoms with Crippen molar-refractivity contribution in [3.63, 3.8) is 0 Å². The Bertz CT molecular complexity index is 788. The Hall–Kier alpha value is -2.94. The first-order valence-corrected chi connectivity index (χ1v) is 6.62. The number of aldehydes is 1. The summed E-state index contributed by atoms with van der Waals surface area (Å²) in [7, 11) is 0. The summed E-state index contributed by atoms with van der Waals surface area (Å²) in [6.07, 6.45) is 4.28. The molecule has 0 fully saturated rings. The van der Waals surface area contributed by atoms with Crippen LogP contribution in [0.25, 0.3) is 5.69 Å². The van der Waals surface area contributed by atoms with Gasteiger partial charge in [-0.15, -0.1) is 0 Å². The van der Waals surface area contributed by atoms with E-state index in [1.165, 1.54) is 0 Å². The summed E-state index contributed by atoms with van der Waals surface area (Å²) in [5, 5.41) is 0. The SMILES string of the molecule is O=Cc1ccn(-c2ccccc2C(=O)c2ccccc2)c1. The Labute approximate surface area is 122 Å². The van der Waals surface area contributed by atoms with Gasteiger partial charge in [0, 0.05) is 29.1 Å². The van der Waals surface area contributed by atoms with Gasteiger partial charge >= 0.3 is 0 Å². The number of carbonyl (C=O) groups excluding carboxylic acids is 2. The van der Waals surface area contributed by atoms with Gasteiger partial charge < -0.3 is 4.57 Å². The van der Waals surface area contributed by atoms with Gasteiger partial charge in [-0.05, 0) is 18.2 Å². The molecule has 0 unspecified atom stereocenters. The van der Waals surface area contributed by atoms with Gasteiger partial charge in [0.15, 0.2) is 12.1 Å². The van der Waals surface area contributed by atoms with E-state index in [1.54, 1.807) is 41.2 Å². The maximum Gasteiger partial charge on any atom is 0.195 e. The second-order valence-electron chi connectivity index (χ2n) is 4.68. The molecule has 0 saturated heterocycles. The number of ketones is 1. The number of rotatable bonds is 4. The lowest BCUT2D eigenvalue weighted by molar-refractivity contribution is 0.103. The molecule has 0 aliphatic heterocycles. The second-order valence-corrected chi connectivity index (χ2v) is 4.68. The molecule has 3 nitrogen and oxygen atoms in total. The Morgan fingerprint density at radius 2 is 1.62 bits per heavy atom. The van der Waals surface area contributed by atoms with E-state index in [4.69, 9.17) is 0 Å². The van der Waals surface area contributed by atoms with E-state index < -0.39 is 0 Å². The molecule has 0 aliphatic rings. The van der Waals surface area contributed by atoms with E-state index in [1.807, 2.05) is 36.4 Å². The van der Waals surface area contributed by atoms with E-state index in [0.717, 1.165) is 12.0 Å². The fourth-order valence-corrected chi connectivity index (χ4v) is 2.27. The second kappa shape index (κ2) is 5.59. The van der Waals surface area contributed by atoms with E-state index in [-0.39, 0.29) is 5.78 Å². The number of aromatic nitrogens is 1. The van der Waals surface area contributed by atoms with Crippen molar-refractivity contribution < 1.29 is 9.59 Å². The van der Waals surface area contributed by atoms with Crippen molar-refractivity contribution in [2.75, 3.05) is 0 Å². The Kier molecular flexibility index (Phi) is 3.48. The quantitative estimate of drug-likeness (QED) is 0.540. The minimum atomic E-state index is -0.0347. The third kappa shape index (κ3) is 2.54. The monoisotopic (exact) mass is 275 g/mol. The molecule has 0 saturated carbocycles. The van der Waals surface area contributed by atoms with Crippen LogP contribution in [0.3, 0.4) is 0 Å². The van der Waals surface area contributed by atoms with Gasteiger partial charge in [-0.25, -0.2) is 0 Å². The molecule has 0 atom stereocenters. The average molecular weight is 275 g/mol. The highest BCUT2D eigenvalue weighted by Gasteiger charge is 2.14. The molecular weight excluding hydrogens is 262 g/mol. The molecule has 0 amide bonds. The van der Waals surface area contributed by atoms with Crippen LogP contribution in [0.5, 0.6) is 0 Å². The third-order valence-corrected chi connectivity index (χ3v) is 3.31. The smallest absolute Gasteiger partial charge is 0.195 e. The van der Waals surface area contributed by atoms with Gasteiger partial charge in [-0.3, -0.25) is 9.59 Å². The van der Waals surface area contributed by atoms with Crippen molar-refractivity contribution in [1.29, 1.82) is 0 Å². The molecule has 0 N–H and O–H groups in total. The maximum absolute atomic E-state index is 12.6. The van der Waals surface area contributed by atoms with Crippen LogP contribution in [-0.4, -0.2) is 16.6 Å². The molecule has 1 heterocycles. The molecular formula is C18H13NO2. The molecule has 102 valence electrons. The lowest BCUT2D eigenvalue weighted by atomic mass is 10.0. The Morgan fingerprint density at radius 1 is 0.905 bits per heavy atom. The molecule has 0 aliphatic carbocycles. The summed E-state index contributed by atoms with van der Waals surface area (Å²) in [5.74, 6) is -0.0347. The molecule has 3 heteroatoms. The number of benzene rings is 2. The molecule has 1 aromatic heterocycles. The first-order chi connectivity index (χ1) is 10.3. The summed E-state index contributed by atoms with van der Waals surface area (Å²) in [6, 6.07) is 18.3. The number of hydrogen-bond acceptors (Lipinski definition) is 2.